The van der Waals surface area contributed by atoms with Gasteiger partial charge in [-0.25, -0.2) is 13.1 Å². The fourth-order valence-corrected chi connectivity index (χ4v) is 3.90. The van der Waals surface area contributed by atoms with Crippen molar-refractivity contribution < 1.29 is 13.3 Å². The average molecular weight is 350 g/mol. The van der Waals surface area contributed by atoms with Crippen molar-refractivity contribution in [3.05, 3.63) is 33.4 Å². The zero-order valence-corrected chi connectivity index (χ0v) is 14.1. The van der Waals surface area contributed by atoms with Crippen LogP contribution < -0.4 is 10.0 Å². The molecule has 2 rings (SSSR count). The highest BCUT2D eigenvalue weighted by molar-refractivity contribution is 7.89. The van der Waals surface area contributed by atoms with E-state index in [0.717, 1.165) is 13.1 Å². The summed E-state index contributed by atoms with van der Waals surface area (Å²) in [4.78, 5) is 10.2. The third-order valence-electron chi connectivity index (χ3n) is 3.72. The molecule has 1 heterocycles. The molecule has 1 aromatic carbocycles. The van der Waals surface area contributed by atoms with Crippen LogP contribution in [0.15, 0.2) is 17.0 Å². The molecule has 22 heavy (non-hydrogen) atoms. The number of nitrogens with one attached hydrogen (secondary N) is 2. The minimum atomic E-state index is -3.89. The second-order valence-electron chi connectivity index (χ2n) is 5.31. The van der Waals surface area contributed by atoms with E-state index >= 15 is 0 Å². The van der Waals surface area contributed by atoms with Crippen molar-refractivity contribution in [1.29, 1.82) is 0 Å². The van der Waals surface area contributed by atoms with Gasteiger partial charge in [0.25, 0.3) is 5.69 Å². The highest BCUT2D eigenvalue weighted by Gasteiger charge is 2.29. The van der Waals surface area contributed by atoms with Gasteiger partial charge in [0.15, 0.2) is 4.90 Å². The lowest BCUT2D eigenvalue weighted by Crippen LogP contribution is -2.42. The van der Waals surface area contributed by atoms with Gasteiger partial charge in [-0.1, -0.05) is 0 Å². The topological polar surface area (TPSA) is 101 Å². The van der Waals surface area contributed by atoms with Crippen LogP contribution in [-0.2, 0) is 10.0 Å². The monoisotopic (exact) mass is 349 g/mol. The Balaban J connectivity index is 0.00000242. The summed E-state index contributed by atoms with van der Waals surface area (Å²) in [5, 5.41) is 14.3. The molecule has 1 fully saturated rings. The summed E-state index contributed by atoms with van der Waals surface area (Å²) < 4.78 is 27.5. The van der Waals surface area contributed by atoms with E-state index in [-0.39, 0.29) is 29.0 Å². The SMILES string of the molecule is Cc1cc([N+](=O)[O-])c(S(=O)(=O)NC2CCNCC2)cc1C.Cl. The number of nitro groups is 1. The van der Waals surface area contributed by atoms with E-state index in [0.29, 0.717) is 24.0 Å². The Kier molecular flexibility index (Phi) is 6.30. The van der Waals surface area contributed by atoms with Crippen LogP contribution in [0.25, 0.3) is 0 Å². The molecule has 1 saturated heterocycles. The first-order chi connectivity index (χ1) is 9.81. The van der Waals surface area contributed by atoms with Crippen molar-refractivity contribution in [3.63, 3.8) is 0 Å². The Morgan fingerprint density at radius 1 is 1.23 bits per heavy atom. The molecule has 0 saturated carbocycles. The Bertz CT molecular complexity index is 657. The van der Waals surface area contributed by atoms with Crippen molar-refractivity contribution in [2.75, 3.05) is 13.1 Å². The smallest absolute Gasteiger partial charge is 0.289 e. The minimum absolute atomic E-state index is 0. The third kappa shape index (κ3) is 4.16. The molecule has 1 aliphatic rings. The van der Waals surface area contributed by atoms with Crippen LogP contribution in [0.2, 0.25) is 0 Å². The molecule has 124 valence electrons. The first-order valence-electron chi connectivity index (χ1n) is 6.80. The molecule has 1 aromatic rings. The largest absolute Gasteiger partial charge is 0.317 e. The summed E-state index contributed by atoms with van der Waals surface area (Å²) in [6.45, 7) is 4.94. The third-order valence-corrected chi connectivity index (χ3v) is 5.27. The Morgan fingerprint density at radius 3 is 2.32 bits per heavy atom. The lowest BCUT2D eigenvalue weighted by atomic mass is 10.1. The second kappa shape index (κ2) is 7.36. The maximum absolute atomic E-state index is 12.5. The Morgan fingerprint density at radius 2 is 1.77 bits per heavy atom. The van der Waals surface area contributed by atoms with Crippen molar-refractivity contribution >= 4 is 28.1 Å². The van der Waals surface area contributed by atoms with Crippen LogP contribution in [0.3, 0.4) is 0 Å². The molecule has 0 spiro atoms. The van der Waals surface area contributed by atoms with Gasteiger partial charge in [-0.3, -0.25) is 10.1 Å². The molecule has 0 unspecified atom stereocenters. The molecule has 0 aromatic heterocycles. The van der Waals surface area contributed by atoms with Gasteiger partial charge in [-0.15, -0.1) is 12.4 Å². The molecule has 0 bridgehead atoms. The van der Waals surface area contributed by atoms with Gasteiger partial charge in [-0.05, 0) is 57.0 Å². The van der Waals surface area contributed by atoms with Gasteiger partial charge < -0.3 is 5.32 Å². The highest BCUT2D eigenvalue weighted by Crippen LogP contribution is 2.27. The highest BCUT2D eigenvalue weighted by atomic mass is 35.5. The van der Waals surface area contributed by atoms with Crippen LogP contribution in [0.1, 0.15) is 24.0 Å². The predicted octanol–water partition coefficient (Wildman–Crippen LogP) is 1.66. The molecule has 2 N–H and O–H groups in total. The number of hydrogen-bond acceptors (Lipinski definition) is 5. The number of piperidine rings is 1. The van der Waals surface area contributed by atoms with Gasteiger partial charge in [0.2, 0.25) is 10.0 Å². The van der Waals surface area contributed by atoms with Crippen LogP contribution in [0.4, 0.5) is 5.69 Å². The first-order valence-corrected chi connectivity index (χ1v) is 8.28. The molecule has 1 aliphatic heterocycles. The molecular formula is C13H20ClN3O4S. The first kappa shape index (κ1) is 18.8. The lowest BCUT2D eigenvalue weighted by molar-refractivity contribution is -0.387. The van der Waals surface area contributed by atoms with Crippen LogP contribution in [-0.4, -0.2) is 32.5 Å². The summed E-state index contributed by atoms with van der Waals surface area (Å²) >= 11 is 0. The number of rotatable bonds is 4. The molecule has 9 heteroatoms. The van der Waals surface area contributed by atoms with Crippen molar-refractivity contribution in [2.24, 2.45) is 0 Å². The summed E-state index contributed by atoms with van der Waals surface area (Å²) in [5.41, 5.74) is 1.04. The minimum Gasteiger partial charge on any atom is -0.317 e. The van der Waals surface area contributed by atoms with Gasteiger partial charge >= 0.3 is 0 Å². The molecular weight excluding hydrogens is 330 g/mol. The number of nitro benzene ring substituents is 1. The van der Waals surface area contributed by atoms with E-state index in [1.54, 1.807) is 13.8 Å². The van der Waals surface area contributed by atoms with Crippen LogP contribution in [0, 0.1) is 24.0 Å². The second-order valence-corrected chi connectivity index (χ2v) is 6.99. The number of sulfonamides is 1. The summed E-state index contributed by atoms with van der Waals surface area (Å²) in [5.74, 6) is 0. The Labute approximate surface area is 136 Å². The summed E-state index contributed by atoms with van der Waals surface area (Å²) in [6, 6.07) is 2.50. The normalized spacial score (nSPS) is 16.1. The number of aryl methyl sites for hydroxylation is 2. The van der Waals surface area contributed by atoms with Gasteiger partial charge in [0, 0.05) is 12.1 Å². The van der Waals surface area contributed by atoms with Crippen molar-refractivity contribution in [1.82, 2.24) is 10.0 Å². The van der Waals surface area contributed by atoms with Gasteiger partial charge in [-0.2, -0.15) is 0 Å². The molecule has 0 amide bonds. The van der Waals surface area contributed by atoms with E-state index in [1.807, 2.05) is 0 Å². The Hall–Kier alpha value is -1.22. The summed E-state index contributed by atoms with van der Waals surface area (Å²) in [7, 11) is -3.89. The van der Waals surface area contributed by atoms with E-state index in [4.69, 9.17) is 0 Å². The van der Waals surface area contributed by atoms with Gasteiger partial charge in [0.1, 0.15) is 0 Å². The lowest BCUT2D eigenvalue weighted by Gasteiger charge is -2.23. The number of benzene rings is 1. The zero-order valence-electron chi connectivity index (χ0n) is 12.5. The van der Waals surface area contributed by atoms with E-state index in [1.165, 1.54) is 12.1 Å². The van der Waals surface area contributed by atoms with Crippen LogP contribution in [0.5, 0.6) is 0 Å². The van der Waals surface area contributed by atoms with Gasteiger partial charge in [0.05, 0.1) is 4.92 Å². The maximum atomic E-state index is 12.5. The maximum Gasteiger partial charge on any atom is 0.289 e. The van der Waals surface area contributed by atoms with E-state index in [2.05, 4.69) is 10.0 Å². The molecule has 7 nitrogen and oxygen atoms in total. The number of nitrogens with zero attached hydrogens (tertiary/aromatic N) is 1. The van der Waals surface area contributed by atoms with E-state index in [9.17, 15) is 18.5 Å². The fraction of sp³-hybridized carbons (Fsp3) is 0.538. The van der Waals surface area contributed by atoms with Crippen molar-refractivity contribution in [2.45, 2.75) is 37.6 Å². The number of hydrogen-bond donors (Lipinski definition) is 2. The predicted molar refractivity (Wildman–Crippen MR) is 86.0 cm³/mol. The molecule has 0 radical (unpaired) electrons. The molecule has 0 atom stereocenters. The van der Waals surface area contributed by atoms with E-state index < -0.39 is 14.9 Å². The molecule has 0 aliphatic carbocycles. The quantitative estimate of drug-likeness (QED) is 0.636. The average Bonchev–Trinajstić information content (AvgIpc) is 2.41. The zero-order chi connectivity index (χ0) is 15.6. The standard InChI is InChI=1S/C13H19N3O4S.ClH/c1-9-7-12(16(17)18)13(8-10(9)2)21(19,20)15-11-3-5-14-6-4-11;/h7-8,11,14-15H,3-6H2,1-2H3;1H. The van der Waals surface area contributed by atoms with Crippen molar-refractivity contribution in [3.8, 4) is 0 Å². The van der Waals surface area contributed by atoms with Crippen LogP contribution >= 0.6 is 12.4 Å². The summed E-state index contributed by atoms with van der Waals surface area (Å²) in [6.07, 6.45) is 1.36. The number of halogens is 1. The fourth-order valence-electron chi connectivity index (χ4n) is 2.36.